The van der Waals surface area contributed by atoms with E-state index < -0.39 is 0 Å². The van der Waals surface area contributed by atoms with Gasteiger partial charge in [0.05, 0.1) is 12.7 Å². The Labute approximate surface area is 124 Å². The number of nitrogens with zero attached hydrogens (tertiary/aromatic N) is 1. The maximum Gasteiger partial charge on any atom is 0.0580 e. The Kier molecular flexibility index (Phi) is 6.31. The molecule has 3 nitrogen and oxygen atoms in total. The Balaban J connectivity index is 1.92. The van der Waals surface area contributed by atoms with Crippen molar-refractivity contribution in [2.24, 2.45) is 17.8 Å². The van der Waals surface area contributed by atoms with E-state index in [-0.39, 0.29) is 12.7 Å². The molecule has 0 aliphatic heterocycles. The molecule has 2 aliphatic rings. The molecule has 0 aromatic heterocycles. The van der Waals surface area contributed by atoms with E-state index >= 15 is 0 Å². The lowest BCUT2D eigenvalue weighted by Crippen LogP contribution is -2.44. The third-order valence-electron chi connectivity index (χ3n) is 5.62. The minimum absolute atomic E-state index is 0.132. The highest BCUT2D eigenvalue weighted by Crippen LogP contribution is 2.35. The van der Waals surface area contributed by atoms with Crippen molar-refractivity contribution in [2.45, 2.75) is 70.9 Å². The average Bonchev–Trinajstić information content (AvgIpc) is 2.94. The molecule has 3 atom stereocenters. The van der Waals surface area contributed by atoms with Gasteiger partial charge in [-0.1, -0.05) is 26.7 Å². The lowest BCUT2D eigenvalue weighted by molar-refractivity contribution is 0.00766. The van der Waals surface area contributed by atoms with Gasteiger partial charge in [0, 0.05) is 19.1 Å². The first-order chi connectivity index (χ1) is 9.61. The summed E-state index contributed by atoms with van der Waals surface area (Å²) in [6, 6.07) is 0.647. The second-order valence-corrected chi connectivity index (χ2v) is 7.30. The Morgan fingerprint density at radius 1 is 1.10 bits per heavy atom. The smallest absolute Gasteiger partial charge is 0.0580 e. The van der Waals surface area contributed by atoms with E-state index in [9.17, 15) is 10.2 Å². The Bertz CT molecular complexity index is 276. The first-order valence-corrected chi connectivity index (χ1v) is 8.64. The van der Waals surface area contributed by atoms with Gasteiger partial charge in [-0.05, 0) is 49.9 Å². The summed E-state index contributed by atoms with van der Waals surface area (Å²) in [6.45, 7) is 6.62. The van der Waals surface area contributed by atoms with Gasteiger partial charge in [-0.25, -0.2) is 0 Å². The molecular weight excluding hydrogens is 250 g/mol. The minimum Gasteiger partial charge on any atom is -0.395 e. The molecule has 2 saturated carbocycles. The predicted octanol–water partition coefficient (Wildman–Crippen LogP) is 2.66. The van der Waals surface area contributed by atoms with Crippen molar-refractivity contribution < 1.29 is 10.2 Å². The van der Waals surface area contributed by atoms with Crippen LogP contribution in [0, 0.1) is 17.8 Å². The molecule has 0 amide bonds. The number of aliphatic hydroxyl groups excluding tert-OH is 2. The van der Waals surface area contributed by atoms with Crippen LogP contribution < -0.4 is 0 Å². The number of aliphatic hydroxyl groups is 2. The van der Waals surface area contributed by atoms with Crippen LogP contribution in [-0.2, 0) is 0 Å². The average molecular weight is 283 g/mol. The number of rotatable bonds is 6. The summed E-state index contributed by atoms with van der Waals surface area (Å²) >= 11 is 0. The summed E-state index contributed by atoms with van der Waals surface area (Å²) in [5.74, 6) is 1.90. The summed E-state index contributed by atoms with van der Waals surface area (Å²) in [5.41, 5.74) is 0. The van der Waals surface area contributed by atoms with Gasteiger partial charge in [0.2, 0.25) is 0 Å². The molecule has 0 saturated heterocycles. The topological polar surface area (TPSA) is 43.7 Å². The molecule has 3 heteroatoms. The van der Waals surface area contributed by atoms with Crippen molar-refractivity contribution >= 4 is 0 Å². The van der Waals surface area contributed by atoms with E-state index in [1.807, 2.05) is 0 Å². The second-order valence-electron chi connectivity index (χ2n) is 7.30. The van der Waals surface area contributed by atoms with Gasteiger partial charge < -0.3 is 10.2 Å². The van der Waals surface area contributed by atoms with E-state index in [0.717, 1.165) is 37.8 Å². The molecule has 20 heavy (non-hydrogen) atoms. The zero-order chi connectivity index (χ0) is 14.5. The van der Waals surface area contributed by atoms with Crippen LogP contribution in [0.3, 0.4) is 0 Å². The van der Waals surface area contributed by atoms with Crippen LogP contribution in [-0.4, -0.2) is 47.0 Å². The quantitative estimate of drug-likeness (QED) is 0.787. The zero-order valence-corrected chi connectivity index (χ0v) is 13.3. The maximum absolute atomic E-state index is 10.3. The third-order valence-corrected chi connectivity index (χ3v) is 5.62. The SMILES string of the molecule is CC(C)C1CCC(O)C(CN(CCO)C2CCCC2)C1. The zero-order valence-electron chi connectivity index (χ0n) is 13.3. The Morgan fingerprint density at radius 3 is 2.40 bits per heavy atom. The van der Waals surface area contributed by atoms with Gasteiger partial charge in [-0.3, -0.25) is 4.90 Å². The van der Waals surface area contributed by atoms with E-state index in [1.54, 1.807) is 0 Å². The van der Waals surface area contributed by atoms with Gasteiger partial charge in [0.15, 0.2) is 0 Å². The summed E-state index contributed by atoms with van der Waals surface area (Å²) < 4.78 is 0. The van der Waals surface area contributed by atoms with E-state index in [1.165, 1.54) is 32.1 Å². The molecule has 0 bridgehead atoms. The van der Waals surface area contributed by atoms with Crippen LogP contribution in [0.1, 0.15) is 58.8 Å². The van der Waals surface area contributed by atoms with Gasteiger partial charge in [-0.15, -0.1) is 0 Å². The van der Waals surface area contributed by atoms with Crippen LogP contribution >= 0.6 is 0 Å². The molecule has 0 radical (unpaired) electrons. The van der Waals surface area contributed by atoms with Crippen LogP contribution in [0.4, 0.5) is 0 Å². The highest BCUT2D eigenvalue weighted by molar-refractivity contribution is 4.86. The Morgan fingerprint density at radius 2 is 1.80 bits per heavy atom. The van der Waals surface area contributed by atoms with Gasteiger partial charge in [-0.2, -0.15) is 0 Å². The lowest BCUT2D eigenvalue weighted by atomic mass is 9.74. The summed E-state index contributed by atoms with van der Waals surface area (Å²) in [7, 11) is 0. The molecule has 3 unspecified atom stereocenters. The van der Waals surface area contributed by atoms with Crippen LogP contribution in [0.15, 0.2) is 0 Å². The Hall–Kier alpha value is -0.120. The molecule has 2 aliphatic carbocycles. The van der Waals surface area contributed by atoms with Crippen molar-refractivity contribution in [3.63, 3.8) is 0 Å². The fraction of sp³-hybridized carbons (Fsp3) is 1.00. The first-order valence-electron chi connectivity index (χ1n) is 8.64. The largest absolute Gasteiger partial charge is 0.395 e. The minimum atomic E-state index is -0.132. The van der Waals surface area contributed by atoms with Gasteiger partial charge >= 0.3 is 0 Å². The maximum atomic E-state index is 10.3. The van der Waals surface area contributed by atoms with Crippen molar-refractivity contribution in [1.29, 1.82) is 0 Å². The van der Waals surface area contributed by atoms with Crippen LogP contribution in [0.2, 0.25) is 0 Å². The number of hydrogen-bond acceptors (Lipinski definition) is 3. The van der Waals surface area contributed by atoms with Gasteiger partial charge in [0.1, 0.15) is 0 Å². The fourth-order valence-corrected chi connectivity index (χ4v) is 4.21. The molecule has 2 rings (SSSR count). The van der Waals surface area contributed by atoms with E-state index in [4.69, 9.17) is 0 Å². The highest BCUT2D eigenvalue weighted by atomic mass is 16.3. The summed E-state index contributed by atoms with van der Waals surface area (Å²) in [5, 5.41) is 19.7. The molecule has 0 aromatic carbocycles. The van der Waals surface area contributed by atoms with Crippen LogP contribution in [0.25, 0.3) is 0 Å². The van der Waals surface area contributed by atoms with Crippen molar-refractivity contribution in [2.75, 3.05) is 19.7 Å². The molecule has 0 spiro atoms. The standard InChI is InChI=1S/C17H33NO2/c1-13(2)14-7-8-17(20)15(11-14)12-18(9-10-19)16-5-3-4-6-16/h13-17,19-20H,3-12H2,1-2H3. The molecule has 0 aromatic rings. The predicted molar refractivity (Wildman–Crippen MR) is 82.6 cm³/mol. The van der Waals surface area contributed by atoms with Crippen molar-refractivity contribution in [3.8, 4) is 0 Å². The highest BCUT2D eigenvalue weighted by Gasteiger charge is 2.33. The van der Waals surface area contributed by atoms with Crippen molar-refractivity contribution in [1.82, 2.24) is 4.90 Å². The normalized spacial score (nSPS) is 32.4. The fourth-order valence-electron chi connectivity index (χ4n) is 4.21. The van der Waals surface area contributed by atoms with E-state index in [2.05, 4.69) is 18.7 Å². The summed E-state index contributed by atoms with van der Waals surface area (Å²) in [4.78, 5) is 2.46. The first kappa shape index (κ1) is 16.3. The second kappa shape index (κ2) is 7.77. The lowest BCUT2D eigenvalue weighted by Gasteiger charge is -2.39. The molecular formula is C17H33NO2. The third kappa shape index (κ3) is 4.19. The van der Waals surface area contributed by atoms with Crippen molar-refractivity contribution in [3.05, 3.63) is 0 Å². The molecule has 2 fully saturated rings. The monoisotopic (exact) mass is 283 g/mol. The molecule has 0 heterocycles. The number of hydrogen-bond donors (Lipinski definition) is 2. The summed E-state index contributed by atoms with van der Waals surface area (Å²) in [6.07, 6.45) is 8.38. The van der Waals surface area contributed by atoms with E-state index in [0.29, 0.717) is 12.0 Å². The van der Waals surface area contributed by atoms with Gasteiger partial charge in [0.25, 0.3) is 0 Å². The molecule has 118 valence electrons. The molecule has 2 N–H and O–H groups in total. The van der Waals surface area contributed by atoms with Crippen LogP contribution in [0.5, 0.6) is 0 Å².